The number of carbonyl (C=O) groups is 1. The molecule has 3 aromatic carbocycles. The van der Waals surface area contributed by atoms with Gasteiger partial charge in [-0.05, 0) is 61.9 Å². The maximum Gasteiger partial charge on any atom is 0.338 e. The fraction of sp³-hybridized carbons (Fsp3) is 0.206. The van der Waals surface area contributed by atoms with Gasteiger partial charge in [0.05, 0.1) is 36.6 Å². The van der Waals surface area contributed by atoms with Gasteiger partial charge in [-0.2, -0.15) is 0 Å². The second-order valence-corrected chi connectivity index (χ2v) is 11.7. The highest BCUT2D eigenvalue weighted by atomic mass is 35.5. The number of benzene rings is 3. The first-order chi connectivity index (χ1) is 21.3. The minimum absolute atomic E-state index is 0.182. The molecule has 0 radical (unpaired) electrons. The lowest BCUT2D eigenvalue weighted by atomic mass is 9.94. The Balaban J connectivity index is 1.55. The number of fused-ring (bicyclic) bond motifs is 2. The SMILES string of the molecule is CCOC(=O)C1=C(C)N=c2s/c(=C\c3cn(Cc4cccc(Cl)c4)c4ccccc34)c(=O)n2[C@H]1c1cc(OC)ccc1OC. The van der Waals surface area contributed by atoms with Crippen molar-refractivity contribution in [2.75, 3.05) is 20.8 Å². The van der Waals surface area contributed by atoms with Crippen molar-refractivity contribution in [2.24, 2.45) is 4.99 Å². The van der Waals surface area contributed by atoms with Crippen LogP contribution < -0.4 is 24.4 Å². The molecule has 0 fully saturated rings. The maximum absolute atomic E-state index is 14.3. The number of thiazole rings is 1. The Bertz CT molecular complexity index is 2120. The molecule has 1 aliphatic rings. The van der Waals surface area contributed by atoms with E-state index in [0.29, 0.717) is 43.7 Å². The van der Waals surface area contributed by atoms with Crippen LogP contribution in [0.1, 0.15) is 36.6 Å². The van der Waals surface area contributed by atoms with Gasteiger partial charge in [0.15, 0.2) is 4.80 Å². The Kier molecular flexibility index (Phi) is 8.16. The molecule has 0 N–H and O–H groups in total. The lowest BCUT2D eigenvalue weighted by Crippen LogP contribution is -2.40. The molecule has 0 unspecified atom stereocenters. The van der Waals surface area contributed by atoms with Gasteiger partial charge in [0.2, 0.25) is 0 Å². The van der Waals surface area contributed by atoms with E-state index in [1.165, 1.54) is 11.3 Å². The van der Waals surface area contributed by atoms with Gasteiger partial charge < -0.3 is 18.8 Å². The van der Waals surface area contributed by atoms with Crippen LogP contribution in [0.3, 0.4) is 0 Å². The largest absolute Gasteiger partial charge is 0.497 e. The highest BCUT2D eigenvalue weighted by Gasteiger charge is 2.35. The third kappa shape index (κ3) is 5.33. The number of ether oxygens (including phenoxy) is 3. The molecule has 0 amide bonds. The average molecular weight is 628 g/mol. The number of rotatable bonds is 8. The second kappa shape index (κ2) is 12.2. The Morgan fingerprint density at radius 2 is 1.89 bits per heavy atom. The van der Waals surface area contributed by atoms with Crippen LogP contribution in [-0.4, -0.2) is 35.9 Å². The van der Waals surface area contributed by atoms with Crippen LogP contribution in [0.2, 0.25) is 5.02 Å². The van der Waals surface area contributed by atoms with Gasteiger partial charge in [-0.15, -0.1) is 0 Å². The van der Waals surface area contributed by atoms with E-state index in [9.17, 15) is 9.59 Å². The topological polar surface area (TPSA) is 84.1 Å². The number of carbonyl (C=O) groups excluding carboxylic acids is 1. The summed E-state index contributed by atoms with van der Waals surface area (Å²) in [6.07, 6.45) is 3.94. The van der Waals surface area contributed by atoms with Crippen molar-refractivity contribution in [3.8, 4) is 11.5 Å². The quantitative estimate of drug-likeness (QED) is 0.213. The zero-order valence-electron chi connectivity index (χ0n) is 24.7. The molecule has 8 nitrogen and oxygen atoms in total. The van der Waals surface area contributed by atoms with Crippen LogP contribution in [-0.2, 0) is 16.1 Å². The first kappa shape index (κ1) is 29.5. The van der Waals surface area contributed by atoms with Crippen molar-refractivity contribution in [1.29, 1.82) is 0 Å². The predicted octanol–water partition coefficient (Wildman–Crippen LogP) is 5.47. The summed E-state index contributed by atoms with van der Waals surface area (Å²) in [6.45, 7) is 4.30. The molecule has 6 rings (SSSR count). The third-order valence-corrected chi connectivity index (χ3v) is 8.81. The molecule has 224 valence electrons. The first-order valence-electron chi connectivity index (χ1n) is 14.1. The molecule has 1 atom stereocenters. The minimum Gasteiger partial charge on any atom is -0.497 e. The standard InChI is InChI=1S/C34H30ClN3O5S/c1-5-43-33(40)30-20(2)36-34-38(31(30)26-17-24(41-3)13-14-28(26)42-4)32(39)29(44-34)16-22-19-37(27-12-7-6-11-25(22)27)18-21-9-8-10-23(35)15-21/h6-17,19,31H,5,18H2,1-4H3/b29-16-/t31-/m0/s1. The molecule has 10 heteroatoms. The van der Waals surface area contributed by atoms with Gasteiger partial charge in [-0.1, -0.05) is 53.3 Å². The second-order valence-electron chi connectivity index (χ2n) is 10.3. The van der Waals surface area contributed by atoms with Crippen LogP contribution in [0.4, 0.5) is 0 Å². The summed E-state index contributed by atoms with van der Waals surface area (Å²) >= 11 is 7.53. The summed E-state index contributed by atoms with van der Waals surface area (Å²) in [6, 6.07) is 20.3. The number of nitrogens with zero attached hydrogens (tertiary/aromatic N) is 3. The van der Waals surface area contributed by atoms with E-state index in [1.807, 2.05) is 54.7 Å². The Hall–Kier alpha value is -4.60. The summed E-state index contributed by atoms with van der Waals surface area (Å²) in [7, 11) is 3.11. The zero-order chi connectivity index (χ0) is 31.0. The number of allylic oxidation sites excluding steroid dienone is 1. The fourth-order valence-corrected chi connectivity index (χ4v) is 6.88. The van der Waals surface area contributed by atoms with Crippen LogP contribution in [0.25, 0.3) is 17.0 Å². The third-order valence-electron chi connectivity index (χ3n) is 7.60. The normalized spacial score (nSPS) is 14.8. The van der Waals surface area contributed by atoms with E-state index in [4.69, 9.17) is 30.8 Å². The number of methoxy groups -OCH3 is 2. The number of aromatic nitrogens is 2. The molecule has 0 bridgehead atoms. The van der Waals surface area contributed by atoms with E-state index >= 15 is 0 Å². The van der Waals surface area contributed by atoms with E-state index in [2.05, 4.69) is 10.6 Å². The van der Waals surface area contributed by atoms with Gasteiger partial charge >= 0.3 is 5.97 Å². The highest BCUT2D eigenvalue weighted by Crippen LogP contribution is 2.38. The minimum atomic E-state index is -0.832. The summed E-state index contributed by atoms with van der Waals surface area (Å²) in [5.41, 5.74) is 4.06. The van der Waals surface area contributed by atoms with Crippen LogP contribution in [0, 0.1) is 0 Å². The number of halogens is 1. The van der Waals surface area contributed by atoms with E-state index in [0.717, 1.165) is 22.0 Å². The van der Waals surface area contributed by atoms with Gasteiger partial charge in [0.1, 0.15) is 17.5 Å². The van der Waals surface area contributed by atoms with E-state index < -0.39 is 12.0 Å². The summed E-state index contributed by atoms with van der Waals surface area (Å²) in [5, 5.41) is 1.69. The molecule has 0 saturated carbocycles. The molecule has 2 aromatic heterocycles. The smallest absolute Gasteiger partial charge is 0.338 e. The van der Waals surface area contributed by atoms with Crippen LogP contribution in [0.15, 0.2) is 94.0 Å². The van der Waals surface area contributed by atoms with E-state index in [-0.39, 0.29) is 17.7 Å². The lowest BCUT2D eigenvalue weighted by molar-refractivity contribution is -0.139. The molecule has 3 heterocycles. The molecular weight excluding hydrogens is 598 g/mol. The fourth-order valence-electron chi connectivity index (χ4n) is 5.63. The molecule has 1 aliphatic heterocycles. The first-order valence-corrected chi connectivity index (χ1v) is 15.3. The Morgan fingerprint density at radius 3 is 2.64 bits per heavy atom. The van der Waals surface area contributed by atoms with Gasteiger partial charge in [-0.3, -0.25) is 9.36 Å². The molecule has 0 aliphatic carbocycles. The summed E-state index contributed by atoms with van der Waals surface area (Å²) in [4.78, 5) is 32.8. The van der Waals surface area contributed by atoms with Crippen molar-refractivity contribution in [2.45, 2.75) is 26.4 Å². The number of esters is 1. The number of hydrogen-bond acceptors (Lipinski definition) is 7. The van der Waals surface area contributed by atoms with Gasteiger partial charge in [0, 0.05) is 39.8 Å². The molecule has 5 aromatic rings. The van der Waals surface area contributed by atoms with Crippen molar-refractivity contribution in [3.05, 3.63) is 126 Å². The van der Waals surface area contributed by atoms with Crippen molar-refractivity contribution < 1.29 is 19.0 Å². The van der Waals surface area contributed by atoms with Crippen molar-refractivity contribution >= 4 is 45.9 Å². The van der Waals surface area contributed by atoms with Crippen LogP contribution >= 0.6 is 22.9 Å². The lowest BCUT2D eigenvalue weighted by Gasteiger charge is -2.26. The molecular formula is C34H30ClN3O5S. The number of hydrogen-bond donors (Lipinski definition) is 0. The molecule has 0 spiro atoms. The van der Waals surface area contributed by atoms with Crippen molar-refractivity contribution in [1.82, 2.24) is 9.13 Å². The van der Waals surface area contributed by atoms with Gasteiger partial charge in [-0.25, -0.2) is 9.79 Å². The van der Waals surface area contributed by atoms with E-state index in [1.54, 1.807) is 50.8 Å². The molecule has 44 heavy (non-hydrogen) atoms. The molecule has 0 saturated heterocycles. The average Bonchev–Trinajstić information content (AvgIpc) is 3.52. The summed E-state index contributed by atoms with van der Waals surface area (Å²) < 4.78 is 20.8. The maximum atomic E-state index is 14.3. The van der Waals surface area contributed by atoms with Crippen molar-refractivity contribution in [3.63, 3.8) is 0 Å². The Morgan fingerprint density at radius 1 is 1.07 bits per heavy atom. The van der Waals surface area contributed by atoms with Crippen LogP contribution in [0.5, 0.6) is 11.5 Å². The zero-order valence-corrected chi connectivity index (χ0v) is 26.2. The summed E-state index contributed by atoms with van der Waals surface area (Å²) in [5.74, 6) is 0.529. The van der Waals surface area contributed by atoms with Gasteiger partial charge in [0.25, 0.3) is 5.56 Å². The predicted molar refractivity (Wildman–Crippen MR) is 172 cm³/mol. The highest BCUT2D eigenvalue weighted by molar-refractivity contribution is 7.07. The monoisotopic (exact) mass is 627 g/mol. The Labute approximate surface area is 262 Å². The number of para-hydroxylation sites is 1.